The van der Waals surface area contributed by atoms with Crippen LogP contribution in [0.4, 0.5) is 11.4 Å². The number of hydrogen-bond donors (Lipinski definition) is 2. The Labute approximate surface area is 264 Å². The van der Waals surface area contributed by atoms with E-state index >= 15 is 0 Å². The van der Waals surface area contributed by atoms with Gasteiger partial charge in [-0.25, -0.2) is 0 Å². The molecule has 6 nitrogen and oxygen atoms in total. The van der Waals surface area contributed by atoms with E-state index in [-0.39, 0.29) is 44.1 Å². The van der Waals surface area contributed by atoms with Crippen molar-refractivity contribution in [3.63, 3.8) is 0 Å². The number of carbonyl (C=O) groups excluding carboxylic acids is 2. The molecule has 2 N–H and O–H groups in total. The predicted molar refractivity (Wildman–Crippen MR) is 150 cm³/mol. The number of aliphatic hydroxyl groups is 1. The topological polar surface area (TPSA) is 78.9 Å². The first kappa shape index (κ1) is 32.8. The zero-order valence-corrected chi connectivity index (χ0v) is 27.7. The average molecular weight is 736 g/mol. The fourth-order valence-electron chi connectivity index (χ4n) is 4.85. The van der Waals surface area contributed by atoms with Gasteiger partial charge in [0.05, 0.1) is 12.3 Å². The Bertz CT molecular complexity index is 984. The number of hydrogen-bond acceptors (Lipinski definition) is 4. The van der Waals surface area contributed by atoms with Gasteiger partial charge in [0.1, 0.15) is 5.75 Å². The van der Waals surface area contributed by atoms with Crippen molar-refractivity contribution in [1.29, 1.82) is 0 Å². The quantitative estimate of drug-likeness (QED) is 0.141. The van der Waals surface area contributed by atoms with Crippen molar-refractivity contribution in [3.05, 3.63) is 54.1 Å². The van der Waals surface area contributed by atoms with E-state index in [4.69, 9.17) is 4.74 Å². The Morgan fingerprint density at radius 2 is 1.45 bits per heavy atom. The molecule has 205 valence electrons. The summed E-state index contributed by atoms with van der Waals surface area (Å²) in [7, 11) is 0. The zero-order chi connectivity index (χ0) is 26.3. The van der Waals surface area contributed by atoms with E-state index in [2.05, 4.69) is 12.2 Å². The van der Waals surface area contributed by atoms with Gasteiger partial charge in [-0.3, -0.25) is 9.59 Å². The summed E-state index contributed by atoms with van der Waals surface area (Å²) in [5.74, 6) is -0.821. The summed E-state index contributed by atoms with van der Waals surface area (Å²) < 4.78 is 5.92. The second-order valence-corrected chi connectivity index (χ2v) is 9.99. The van der Waals surface area contributed by atoms with Crippen LogP contribution in [0, 0.1) is 44.1 Å². The maximum absolute atomic E-state index is 12.8. The molecule has 0 spiro atoms. The number of ether oxygens (including phenoxy) is 1. The van der Waals surface area contributed by atoms with E-state index in [1.54, 1.807) is 18.2 Å². The van der Waals surface area contributed by atoms with E-state index in [1.165, 1.54) is 69.1 Å². The van der Waals surface area contributed by atoms with Crippen LogP contribution < -0.4 is 15.0 Å². The van der Waals surface area contributed by atoms with Crippen LogP contribution in [0.2, 0.25) is 0 Å². The fraction of sp³-hybridized carbons (Fsp3) is 0.548. The Kier molecular flexibility index (Phi) is 16.2. The maximum atomic E-state index is 12.8. The van der Waals surface area contributed by atoms with E-state index in [1.807, 2.05) is 30.3 Å². The van der Waals surface area contributed by atoms with Gasteiger partial charge in [0.2, 0.25) is 6.10 Å². The smallest absolute Gasteiger partial charge is 0.265 e. The van der Waals surface area contributed by atoms with Crippen molar-refractivity contribution in [2.75, 3.05) is 23.4 Å². The molecule has 2 aromatic carbocycles. The first-order valence-corrected chi connectivity index (χ1v) is 14.2. The SMILES string of the molecule is CCCCCCCCCCCCCCOc1ccccc1NC(=O)C(O)C(=O)N1CCc2ccccc21.[Ac]. The van der Waals surface area contributed by atoms with Crippen molar-refractivity contribution in [2.45, 2.75) is 96.5 Å². The Balaban J connectivity index is 0.00000507. The van der Waals surface area contributed by atoms with Gasteiger partial charge in [-0.05, 0) is 36.6 Å². The van der Waals surface area contributed by atoms with E-state index in [0.717, 1.165) is 24.1 Å². The summed E-state index contributed by atoms with van der Waals surface area (Å²) in [4.78, 5) is 27.0. The maximum Gasteiger partial charge on any atom is 0.265 e. The molecule has 0 aliphatic carbocycles. The first-order valence-electron chi connectivity index (χ1n) is 14.2. The summed E-state index contributed by atoms with van der Waals surface area (Å²) in [6.45, 7) is 3.28. The molecule has 1 heterocycles. The number of nitrogens with zero attached hydrogens (tertiary/aromatic N) is 1. The molecule has 2 amide bonds. The number of benzene rings is 2. The summed E-state index contributed by atoms with van der Waals surface area (Å²) >= 11 is 0. The molecular weight excluding hydrogens is 691 g/mol. The summed E-state index contributed by atoms with van der Waals surface area (Å²) in [6, 6.07) is 14.7. The third-order valence-electron chi connectivity index (χ3n) is 7.04. The standard InChI is InChI=1S/C31H44N2O4.Ac/c1-2-3-4-5-6-7-8-9-10-11-12-17-24-37-28-21-16-14-19-26(28)32-30(35)29(34)31(36)33-23-22-25-18-13-15-20-27(25)33;/h13-16,18-21,29,34H,2-12,17,22-24H2,1H3,(H,32,35);. The summed E-state index contributed by atoms with van der Waals surface area (Å²) in [5.41, 5.74) is 2.26. The van der Waals surface area contributed by atoms with Crippen molar-refractivity contribution in [3.8, 4) is 5.75 Å². The molecule has 0 saturated carbocycles. The summed E-state index contributed by atoms with van der Waals surface area (Å²) in [6.07, 6.45) is 14.3. The van der Waals surface area contributed by atoms with E-state index < -0.39 is 17.9 Å². The molecule has 7 heteroatoms. The molecule has 2 aromatic rings. The molecule has 0 fully saturated rings. The minimum Gasteiger partial charge on any atom is -0.491 e. The molecule has 1 aliphatic heterocycles. The van der Waals surface area contributed by atoms with Crippen LogP contribution in [0.1, 0.15) is 89.5 Å². The van der Waals surface area contributed by atoms with Crippen molar-refractivity contribution in [1.82, 2.24) is 0 Å². The van der Waals surface area contributed by atoms with Crippen LogP contribution in [-0.4, -0.2) is 36.2 Å². The Morgan fingerprint density at radius 1 is 0.868 bits per heavy atom. The number of para-hydroxylation sites is 3. The fourth-order valence-corrected chi connectivity index (χ4v) is 4.85. The molecular formula is C31H44AcN2O4. The monoisotopic (exact) mass is 735 g/mol. The third kappa shape index (κ3) is 10.6. The van der Waals surface area contributed by atoms with Gasteiger partial charge in [-0.1, -0.05) is 108 Å². The van der Waals surface area contributed by atoms with Gasteiger partial charge >= 0.3 is 0 Å². The number of fused-ring (bicyclic) bond motifs is 1. The number of rotatable bonds is 17. The second-order valence-electron chi connectivity index (χ2n) is 9.99. The molecule has 38 heavy (non-hydrogen) atoms. The Hall–Kier alpha value is -1.42. The minimum absolute atomic E-state index is 0. The largest absolute Gasteiger partial charge is 0.491 e. The minimum atomic E-state index is -1.78. The van der Waals surface area contributed by atoms with Crippen molar-refractivity contribution >= 4 is 23.2 Å². The molecule has 3 rings (SSSR count). The number of unbranched alkanes of at least 4 members (excludes halogenated alkanes) is 11. The van der Waals surface area contributed by atoms with Gasteiger partial charge in [0.25, 0.3) is 11.8 Å². The number of aliphatic hydroxyl groups excluding tert-OH is 1. The number of anilines is 2. The van der Waals surface area contributed by atoms with Gasteiger partial charge in [0.15, 0.2) is 0 Å². The van der Waals surface area contributed by atoms with Crippen LogP contribution in [-0.2, 0) is 16.0 Å². The van der Waals surface area contributed by atoms with Crippen LogP contribution in [0.15, 0.2) is 48.5 Å². The molecule has 1 radical (unpaired) electrons. The summed E-state index contributed by atoms with van der Waals surface area (Å²) in [5, 5.41) is 13.2. The van der Waals surface area contributed by atoms with Crippen molar-refractivity contribution < 1.29 is 63.5 Å². The normalized spacial score (nSPS) is 12.9. The van der Waals surface area contributed by atoms with Gasteiger partial charge in [0, 0.05) is 56.3 Å². The van der Waals surface area contributed by atoms with Gasteiger partial charge < -0.3 is 20.1 Å². The molecule has 0 bridgehead atoms. The van der Waals surface area contributed by atoms with Crippen LogP contribution in [0.3, 0.4) is 0 Å². The second kappa shape index (κ2) is 18.8. The zero-order valence-electron chi connectivity index (χ0n) is 23.0. The van der Waals surface area contributed by atoms with Crippen LogP contribution in [0.5, 0.6) is 5.75 Å². The number of nitrogens with one attached hydrogen (secondary N) is 1. The molecule has 1 unspecified atom stereocenters. The van der Waals surface area contributed by atoms with Crippen LogP contribution >= 0.6 is 0 Å². The number of amides is 2. The first-order chi connectivity index (χ1) is 18.1. The van der Waals surface area contributed by atoms with Gasteiger partial charge in [-0.2, -0.15) is 0 Å². The van der Waals surface area contributed by atoms with Crippen LogP contribution in [0.25, 0.3) is 0 Å². The van der Waals surface area contributed by atoms with Crippen molar-refractivity contribution in [2.24, 2.45) is 0 Å². The molecule has 1 aliphatic rings. The Morgan fingerprint density at radius 3 is 2.13 bits per heavy atom. The molecule has 0 aromatic heterocycles. The van der Waals surface area contributed by atoms with E-state index in [9.17, 15) is 14.7 Å². The van der Waals surface area contributed by atoms with Gasteiger partial charge in [-0.15, -0.1) is 0 Å². The molecule has 0 saturated heterocycles. The predicted octanol–water partition coefficient (Wildman–Crippen LogP) is 6.66. The average Bonchev–Trinajstić information content (AvgIpc) is 3.35. The number of carbonyl (C=O) groups is 2. The third-order valence-corrected chi connectivity index (χ3v) is 7.04. The molecule has 1 atom stereocenters. The van der Waals surface area contributed by atoms with E-state index in [0.29, 0.717) is 31.0 Å².